The lowest BCUT2D eigenvalue weighted by Gasteiger charge is -2.22. The molecular formula is C27H45NO3. The minimum absolute atomic E-state index is 0.153. The van der Waals surface area contributed by atoms with E-state index < -0.39 is 0 Å². The molecule has 0 radical (unpaired) electrons. The average molecular weight is 432 g/mol. The van der Waals surface area contributed by atoms with Crippen molar-refractivity contribution in [1.82, 2.24) is 4.90 Å². The number of carbonyl (C=O) groups is 2. The molecule has 1 amide bonds. The van der Waals surface area contributed by atoms with Gasteiger partial charge in [-0.15, -0.1) is 0 Å². The summed E-state index contributed by atoms with van der Waals surface area (Å²) in [5, 5.41) is 0. The molecule has 0 saturated carbocycles. The molecule has 4 nitrogen and oxygen atoms in total. The molecule has 1 aromatic carbocycles. The molecule has 0 spiro atoms. The van der Waals surface area contributed by atoms with Crippen LogP contribution in [0.15, 0.2) is 43.0 Å². The Labute approximate surface area is 191 Å². The van der Waals surface area contributed by atoms with E-state index in [1.807, 2.05) is 25.7 Å². The molecule has 1 saturated heterocycles. The minimum atomic E-state index is -0.358. The van der Waals surface area contributed by atoms with Crippen molar-refractivity contribution in [2.24, 2.45) is 5.41 Å². The third-order valence-electron chi connectivity index (χ3n) is 5.98. The summed E-state index contributed by atoms with van der Waals surface area (Å²) in [6.45, 7) is 19.2. The number of nitrogens with zero attached hydrogens (tertiary/aromatic N) is 1. The van der Waals surface area contributed by atoms with Crippen LogP contribution in [0.5, 0.6) is 0 Å². The number of ether oxygens (including phenoxy) is 1. The van der Waals surface area contributed by atoms with Crippen molar-refractivity contribution in [2.75, 3.05) is 13.2 Å². The summed E-state index contributed by atoms with van der Waals surface area (Å²) in [7, 11) is 0. The Balaban J connectivity index is 0.000000436. The molecule has 1 aromatic rings. The lowest BCUT2D eigenvalue weighted by molar-refractivity contribution is -0.152. The molecule has 0 aliphatic carbocycles. The number of likely N-dealkylation sites (tertiary alicyclic amines) is 1. The molecule has 1 aliphatic rings. The summed E-state index contributed by atoms with van der Waals surface area (Å²) in [6.07, 6.45) is 6.50. The van der Waals surface area contributed by atoms with Crippen molar-refractivity contribution in [3.8, 4) is 0 Å². The predicted molar refractivity (Wildman–Crippen MR) is 131 cm³/mol. The third-order valence-corrected chi connectivity index (χ3v) is 5.98. The fraction of sp³-hybridized carbons (Fsp3) is 0.630. The monoisotopic (exact) mass is 431 g/mol. The minimum Gasteiger partial charge on any atom is -0.461 e. The van der Waals surface area contributed by atoms with Crippen LogP contribution in [0.4, 0.5) is 0 Å². The van der Waals surface area contributed by atoms with Crippen LogP contribution in [0, 0.1) is 5.41 Å². The van der Waals surface area contributed by atoms with Gasteiger partial charge in [0.15, 0.2) is 0 Å². The van der Waals surface area contributed by atoms with Gasteiger partial charge in [0.25, 0.3) is 0 Å². The molecule has 31 heavy (non-hydrogen) atoms. The summed E-state index contributed by atoms with van der Waals surface area (Å²) < 4.78 is 4.89. The first-order valence-corrected chi connectivity index (χ1v) is 11.8. The summed E-state index contributed by atoms with van der Waals surface area (Å²) in [4.78, 5) is 24.3. The van der Waals surface area contributed by atoms with Crippen molar-refractivity contribution in [3.63, 3.8) is 0 Å². The first kappa shape index (κ1) is 28.9. The highest BCUT2D eigenvalue weighted by molar-refractivity contribution is 5.78. The molecule has 2 rings (SSSR count). The van der Waals surface area contributed by atoms with Gasteiger partial charge in [0.2, 0.25) is 5.91 Å². The number of esters is 1. The third kappa shape index (κ3) is 11.2. The maximum absolute atomic E-state index is 11.2. The van der Waals surface area contributed by atoms with E-state index in [1.54, 1.807) is 6.08 Å². The van der Waals surface area contributed by atoms with Gasteiger partial charge in [0, 0.05) is 19.0 Å². The maximum atomic E-state index is 11.2. The van der Waals surface area contributed by atoms with Crippen LogP contribution in [0.3, 0.4) is 0 Å². The van der Waals surface area contributed by atoms with Gasteiger partial charge in [-0.1, -0.05) is 70.7 Å². The first-order valence-electron chi connectivity index (χ1n) is 11.8. The number of amides is 1. The number of benzene rings is 1. The van der Waals surface area contributed by atoms with E-state index in [1.165, 1.54) is 12.0 Å². The van der Waals surface area contributed by atoms with E-state index >= 15 is 0 Å². The smallest absolute Gasteiger partial charge is 0.311 e. The molecule has 0 N–H and O–H groups in total. The highest BCUT2D eigenvalue weighted by Crippen LogP contribution is 2.21. The number of rotatable bonds is 8. The van der Waals surface area contributed by atoms with E-state index in [4.69, 9.17) is 4.74 Å². The second-order valence-corrected chi connectivity index (χ2v) is 8.79. The Morgan fingerprint density at radius 1 is 1.16 bits per heavy atom. The zero-order valence-electron chi connectivity index (χ0n) is 20.9. The normalized spacial score (nSPS) is 15.1. The van der Waals surface area contributed by atoms with E-state index in [-0.39, 0.29) is 11.4 Å². The second-order valence-electron chi connectivity index (χ2n) is 8.79. The van der Waals surface area contributed by atoms with Gasteiger partial charge in [0.05, 0.1) is 5.41 Å². The van der Waals surface area contributed by atoms with E-state index in [9.17, 15) is 9.59 Å². The van der Waals surface area contributed by atoms with Gasteiger partial charge in [-0.3, -0.25) is 9.59 Å². The van der Waals surface area contributed by atoms with Crippen LogP contribution in [0.2, 0.25) is 0 Å². The summed E-state index contributed by atoms with van der Waals surface area (Å²) in [5.74, 6) is 0.899. The Bertz CT molecular complexity index is 639. The molecule has 2 unspecified atom stereocenters. The van der Waals surface area contributed by atoms with Gasteiger partial charge in [0.1, 0.15) is 6.61 Å². The van der Waals surface area contributed by atoms with E-state index in [0.29, 0.717) is 24.5 Å². The fourth-order valence-electron chi connectivity index (χ4n) is 2.85. The van der Waals surface area contributed by atoms with Crippen LogP contribution in [0.25, 0.3) is 0 Å². The Kier molecular flexibility index (Phi) is 14.6. The van der Waals surface area contributed by atoms with Crippen LogP contribution < -0.4 is 0 Å². The molecule has 1 fully saturated rings. The molecule has 0 aromatic heterocycles. The van der Waals surface area contributed by atoms with Gasteiger partial charge >= 0.3 is 5.97 Å². The highest BCUT2D eigenvalue weighted by atomic mass is 16.5. The largest absolute Gasteiger partial charge is 0.461 e. The lowest BCUT2D eigenvalue weighted by atomic mass is 9.91. The van der Waals surface area contributed by atoms with Crippen LogP contribution in [0.1, 0.15) is 92.1 Å². The Morgan fingerprint density at radius 3 is 2.19 bits per heavy atom. The van der Waals surface area contributed by atoms with Crippen molar-refractivity contribution in [1.29, 1.82) is 0 Å². The van der Waals surface area contributed by atoms with Crippen LogP contribution in [-0.4, -0.2) is 36.0 Å². The van der Waals surface area contributed by atoms with Crippen molar-refractivity contribution < 1.29 is 14.3 Å². The van der Waals surface area contributed by atoms with Crippen LogP contribution in [-0.2, 0) is 14.3 Å². The summed E-state index contributed by atoms with van der Waals surface area (Å²) >= 11 is 0. The van der Waals surface area contributed by atoms with Crippen molar-refractivity contribution in [2.45, 2.75) is 92.5 Å². The Hall–Kier alpha value is -2.10. The second kappa shape index (κ2) is 15.7. The van der Waals surface area contributed by atoms with Crippen molar-refractivity contribution >= 4 is 11.9 Å². The molecule has 1 aliphatic heterocycles. The predicted octanol–water partition coefficient (Wildman–Crippen LogP) is 6.76. The van der Waals surface area contributed by atoms with Gasteiger partial charge in [-0.2, -0.15) is 0 Å². The number of hydrogen-bond donors (Lipinski definition) is 0. The van der Waals surface area contributed by atoms with E-state index in [0.717, 1.165) is 32.2 Å². The quantitative estimate of drug-likeness (QED) is 0.337. The standard InChI is InChI=1S/C10H14.C9H16O2.C8H15NO/c1-3-9(2)10-7-5-4-6-8-10;1-5-7-11-8(10)9(3,4)6-2;1-3-7(2)9-6-4-5-8(9)10/h4-9H,3H2,1-2H3;5H,1,6-7H2,2-4H3;7H,3-6H2,1-2H3. The fourth-order valence-corrected chi connectivity index (χ4v) is 2.85. The zero-order valence-corrected chi connectivity index (χ0v) is 20.9. The lowest BCUT2D eigenvalue weighted by Crippen LogP contribution is -2.33. The highest BCUT2D eigenvalue weighted by Gasteiger charge is 2.26. The molecule has 0 bridgehead atoms. The molecule has 2 atom stereocenters. The Morgan fingerprint density at radius 2 is 1.77 bits per heavy atom. The molecular weight excluding hydrogens is 386 g/mol. The topological polar surface area (TPSA) is 46.6 Å². The molecule has 1 heterocycles. The number of carbonyl (C=O) groups excluding carboxylic acids is 2. The first-order chi connectivity index (χ1) is 14.6. The number of hydrogen-bond acceptors (Lipinski definition) is 3. The SMILES string of the molecule is C=CCOC(=O)C(C)(C)CC.CCC(C)N1CCCC1=O.CCC(C)c1ccccc1. The van der Waals surface area contributed by atoms with Gasteiger partial charge in [-0.05, 0) is 57.9 Å². The van der Waals surface area contributed by atoms with Gasteiger partial charge in [-0.25, -0.2) is 0 Å². The van der Waals surface area contributed by atoms with E-state index in [2.05, 4.69) is 64.6 Å². The molecule has 4 heteroatoms. The summed E-state index contributed by atoms with van der Waals surface area (Å²) in [6, 6.07) is 11.1. The summed E-state index contributed by atoms with van der Waals surface area (Å²) in [5.41, 5.74) is 1.09. The average Bonchev–Trinajstić information content (AvgIpc) is 3.23. The van der Waals surface area contributed by atoms with Crippen molar-refractivity contribution in [3.05, 3.63) is 48.6 Å². The van der Waals surface area contributed by atoms with Crippen LogP contribution >= 0.6 is 0 Å². The van der Waals surface area contributed by atoms with Gasteiger partial charge < -0.3 is 9.64 Å². The maximum Gasteiger partial charge on any atom is 0.311 e. The zero-order chi connectivity index (χ0) is 23.9. The molecule has 176 valence electrons.